The molecular weight excluding hydrogens is 307 g/mol. The Morgan fingerprint density at radius 3 is 2.79 bits per heavy atom. The maximum atomic E-state index is 13.2. The van der Waals surface area contributed by atoms with Crippen molar-refractivity contribution in [2.24, 2.45) is 0 Å². The summed E-state index contributed by atoms with van der Waals surface area (Å²) >= 11 is 0. The van der Waals surface area contributed by atoms with Gasteiger partial charge < -0.3 is 10.1 Å². The molecule has 0 fully saturated rings. The summed E-state index contributed by atoms with van der Waals surface area (Å²) in [5, 5.41) is 7.56. The molecule has 6 heteroatoms. The summed E-state index contributed by atoms with van der Waals surface area (Å²) in [5.41, 5.74) is 2.82. The van der Waals surface area contributed by atoms with Crippen LogP contribution >= 0.6 is 0 Å². The van der Waals surface area contributed by atoms with E-state index in [1.54, 1.807) is 23.9 Å². The smallest absolute Gasteiger partial charge is 0.226 e. The van der Waals surface area contributed by atoms with Gasteiger partial charge >= 0.3 is 0 Å². The Morgan fingerprint density at radius 1 is 1.17 bits per heavy atom. The molecule has 0 saturated carbocycles. The van der Waals surface area contributed by atoms with Gasteiger partial charge in [0.05, 0.1) is 7.11 Å². The molecule has 0 unspecified atom stereocenters. The van der Waals surface area contributed by atoms with Gasteiger partial charge in [-0.1, -0.05) is 24.3 Å². The minimum absolute atomic E-state index is 0.162. The Hall–Kier alpha value is -3.15. The predicted octanol–water partition coefficient (Wildman–Crippen LogP) is 3.48. The molecule has 1 aromatic heterocycles. The molecule has 5 nitrogen and oxygen atoms in total. The molecule has 1 N–H and O–H groups in total. The Bertz CT molecular complexity index is 901. The van der Waals surface area contributed by atoms with Gasteiger partial charge in [-0.3, -0.25) is 0 Å². The number of methoxy groups -OCH3 is 1. The van der Waals surface area contributed by atoms with Gasteiger partial charge in [0.1, 0.15) is 23.9 Å². The highest BCUT2D eigenvalue weighted by molar-refractivity contribution is 5.77. The van der Waals surface area contributed by atoms with Gasteiger partial charge in [0.25, 0.3) is 0 Å². The van der Waals surface area contributed by atoms with Crippen LogP contribution in [-0.2, 0) is 0 Å². The van der Waals surface area contributed by atoms with E-state index in [2.05, 4.69) is 15.4 Å². The van der Waals surface area contributed by atoms with Crippen LogP contribution in [0.2, 0.25) is 0 Å². The van der Waals surface area contributed by atoms with E-state index in [1.165, 1.54) is 18.5 Å². The van der Waals surface area contributed by atoms with E-state index in [9.17, 15) is 4.39 Å². The fourth-order valence-corrected chi connectivity index (χ4v) is 2.79. The van der Waals surface area contributed by atoms with Crippen LogP contribution in [0.4, 0.5) is 10.3 Å². The van der Waals surface area contributed by atoms with Gasteiger partial charge in [-0.15, -0.1) is 0 Å². The summed E-state index contributed by atoms with van der Waals surface area (Å²) in [5.74, 6) is 1.16. The van der Waals surface area contributed by atoms with E-state index in [-0.39, 0.29) is 11.9 Å². The van der Waals surface area contributed by atoms with Crippen molar-refractivity contribution in [1.82, 2.24) is 14.8 Å². The summed E-state index contributed by atoms with van der Waals surface area (Å²) in [7, 11) is 1.64. The molecule has 0 radical (unpaired) electrons. The van der Waals surface area contributed by atoms with Crippen molar-refractivity contribution in [3.63, 3.8) is 0 Å². The van der Waals surface area contributed by atoms with E-state index >= 15 is 0 Å². The lowest BCUT2D eigenvalue weighted by Gasteiger charge is -2.24. The Kier molecular flexibility index (Phi) is 3.49. The SMILES string of the molecule is COc1cccc(C2=C[C@@H](c3ccc(F)cc3)n3ncnc3N2)c1. The number of nitrogens with one attached hydrogen (secondary N) is 1. The van der Waals surface area contributed by atoms with Gasteiger partial charge in [-0.2, -0.15) is 10.1 Å². The standard InChI is InChI=1S/C18H15FN4O/c1-24-15-4-2-3-13(9-15)16-10-17(12-5-7-14(19)8-6-12)23-18(22-16)20-11-21-23/h2-11,17H,1H3,(H,20,21,22)/t17-/m0/s1. The van der Waals surface area contributed by atoms with Crippen molar-refractivity contribution in [2.45, 2.75) is 6.04 Å². The zero-order chi connectivity index (χ0) is 16.5. The van der Waals surface area contributed by atoms with E-state index < -0.39 is 0 Å². The van der Waals surface area contributed by atoms with E-state index in [1.807, 2.05) is 30.3 Å². The Balaban J connectivity index is 1.79. The van der Waals surface area contributed by atoms with Crippen molar-refractivity contribution in [3.05, 3.63) is 77.9 Å². The van der Waals surface area contributed by atoms with Gasteiger partial charge in [0.15, 0.2) is 0 Å². The third kappa shape index (κ3) is 2.52. The number of halogens is 1. The molecule has 0 spiro atoms. The number of rotatable bonds is 3. The first-order valence-electron chi connectivity index (χ1n) is 7.53. The number of anilines is 1. The molecule has 24 heavy (non-hydrogen) atoms. The molecule has 1 aliphatic rings. The lowest BCUT2D eigenvalue weighted by atomic mass is 10.0. The second-order valence-corrected chi connectivity index (χ2v) is 5.46. The molecule has 2 aromatic carbocycles. The molecule has 1 aliphatic heterocycles. The van der Waals surface area contributed by atoms with Crippen molar-refractivity contribution in [3.8, 4) is 5.75 Å². The van der Waals surface area contributed by atoms with Gasteiger partial charge in [-0.05, 0) is 35.9 Å². The summed E-state index contributed by atoms with van der Waals surface area (Å²) in [6.07, 6.45) is 3.55. The van der Waals surface area contributed by atoms with Crippen LogP contribution in [0, 0.1) is 5.82 Å². The molecule has 3 aromatic rings. The summed E-state index contributed by atoms with van der Waals surface area (Å²) in [6.45, 7) is 0. The zero-order valence-corrected chi connectivity index (χ0v) is 13.0. The maximum Gasteiger partial charge on any atom is 0.226 e. The normalized spacial score (nSPS) is 16.1. The second-order valence-electron chi connectivity index (χ2n) is 5.46. The topological polar surface area (TPSA) is 52.0 Å². The number of allylic oxidation sites excluding steroid dienone is 1. The van der Waals surface area contributed by atoms with E-state index in [0.29, 0.717) is 5.95 Å². The largest absolute Gasteiger partial charge is 0.497 e. The number of hydrogen-bond acceptors (Lipinski definition) is 4. The molecule has 0 bridgehead atoms. The molecule has 0 aliphatic carbocycles. The average Bonchev–Trinajstić information content (AvgIpc) is 3.10. The monoisotopic (exact) mass is 322 g/mol. The van der Waals surface area contributed by atoms with Gasteiger partial charge in [0, 0.05) is 11.3 Å². The molecule has 0 saturated heterocycles. The molecule has 2 heterocycles. The van der Waals surface area contributed by atoms with Crippen molar-refractivity contribution < 1.29 is 9.13 Å². The van der Waals surface area contributed by atoms with Crippen LogP contribution in [0.3, 0.4) is 0 Å². The molecule has 0 amide bonds. The minimum Gasteiger partial charge on any atom is -0.497 e. The van der Waals surface area contributed by atoms with E-state index in [0.717, 1.165) is 22.6 Å². The zero-order valence-electron chi connectivity index (χ0n) is 13.0. The van der Waals surface area contributed by atoms with Crippen LogP contribution in [-0.4, -0.2) is 21.9 Å². The molecular formula is C18H15FN4O. The highest BCUT2D eigenvalue weighted by atomic mass is 19.1. The predicted molar refractivity (Wildman–Crippen MR) is 89.2 cm³/mol. The summed E-state index contributed by atoms with van der Waals surface area (Å²) in [6, 6.07) is 14.0. The number of ether oxygens (including phenoxy) is 1. The van der Waals surface area contributed by atoms with Crippen LogP contribution in [0.25, 0.3) is 5.70 Å². The first-order chi connectivity index (χ1) is 11.7. The second kappa shape index (κ2) is 5.81. The fourth-order valence-electron chi connectivity index (χ4n) is 2.79. The summed E-state index contributed by atoms with van der Waals surface area (Å²) in [4.78, 5) is 4.26. The van der Waals surface area contributed by atoms with Crippen molar-refractivity contribution in [2.75, 3.05) is 12.4 Å². The number of fused-ring (bicyclic) bond motifs is 1. The number of aromatic nitrogens is 3. The number of benzene rings is 2. The molecule has 120 valence electrons. The summed E-state index contributed by atoms with van der Waals surface area (Å²) < 4.78 is 20.3. The van der Waals surface area contributed by atoms with E-state index in [4.69, 9.17) is 4.74 Å². The third-order valence-electron chi connectivity index (χ3n) is 4.00. The number of nitrogens with zero attached hydrogens (tertiary/aromatic N) is 3. The fraction of sp³-hybridized carbons (Fsp3) is 0.111. The Labute approximate surface area is 138 Å². The average molecular weight is 322 g/mol. The quantitative estimate of drug-likeness (QED) is 0.802. The first kappa shape index (κ1) is 14.4. The highest BCUT2D eigenvalue weighted by Crippen LogP contribution is 2.32. The van der Waals surface area contributed by atoms with Gasteiger partial charge in [-0.25, -0.2) is 9.07 Å². The minimum atomic E-state index is -0.261. The first-order valence-corrected chi connectivity index (χ1v) is 7.53. The molecule has 4 rings (SSSR count). The van der Waals surface area contributed by atoms with Crippen LogP contribution in [0.5, 0.6) is 5.75 Å². The third-order valence-corrected chi connectivity index (χ3v) is 4.00. The highest BCUT2D eigenvalue weighted by Gasteiger charge is 2.23. The maximum absolute atomic E-state index is 13.2. The van der Waals surface area contributed by atoms with Crippen LogP contribution < -0.4 is 10.1 Å². The lowest BCUT2D eigenvalue weighted by molar-refractivity contribution is 0.414. The van der Waals surface area contributed by atoms with Gasteiger partial charge in [0.2, 0.25) is 5.95 Å². The van der Waals surface area contributed by atoms with Crippen molar-refractivity contribution in [1.29, 1.82) is 0 Å². The van der Waals surface area contributed by atoms with Crippen LogP contribution in [0.1, 0.15) is 17.2 Å². The number of hydrogen-bond donors (Lipinski definition) is 1. The van der Waals surface area contributed by atoms with Crippen molar-refractivity contribution >= 4 is 11.6 Å². The van der Waals surface area contributed by atoms with Crippen LogP contribution in [0.15, 0.2) is 60.9 Å². The Morgan fingerprint density at radius 2 is 2.00 bits per heavy atom. The molecule has 1 atom stereocenters. The lowest BCUT2D eigenvalue weighted by Crippen LogP contribution is -2.20.